The van der Waals surface area contributed by atoms with Crippen molar-refractivity contribution in [2.75, 3.05) is 29.3 Å². The number of carbonyl (C=O) groups excluding carboxylic acids is 2. The summed E-state index contributed by atoms with van der Waals surface area (Å²) in [6.45, 7) is 5.99. The highest BCUT2D eigenvalue weighted by atomic mass is 32.2. The van der Waals surface area contributed by atoms with Crippen LogP contribution in [0.3, 0.4) is 0 Å². The molecule has 0 radical (unpaired) electrons. The Kier molecular flexibility index (Phi) is 7.26. The first-order valence-corrected chi connectivity index (χ1v) is 13.5. The Hall–Kier alpha value is -2.87. The van der Waals surface area contributed by atoms with E-state index in [0.717, 1.165) is 61.2 Å². The van der Waals surface area contributed by atoms with Gasteiger partial charge in [-0.3, -0.25) is 14.3 Å². The van der Waals surface area contributed by atoms with Crippen molar-refractivity contribution in [2.24, 2.45) is 0 Å². The molecule has 0 saturated carbocycles. The molecular weight excluding hydrogens is 450 g/mol. The number of aryl methyl sites for hydroxylation is 2. The molecule has 1 N–H and O–H groups in total. The molecule has 2 aliphatic rings. The van der Waals surface area contributed by atoms with E-state index in [1.54, 1.807) is 23.1 Å². The number of carbonyl (C=O) groups is 2. The molecule has 0 bridgehead atoms. The minimum Gasteiger partial charge on any atom is -0.343 e. The van der Waals surface area contributed by atoms with Crippen LogP contribution in [0.2, 0.25) is 0 Å². The summed E-state index contributed by atoms with van der Waals surface area (Å²) in [5.74, 6) is -0.0423. The van der Waals surface area contributed by atoms with E-state index < -0.39 is 10.0 Å². The lowest BCUT2D eigenvalue weighted by Gasteiger charge is -2.21. The monoisotopic (exact) mass is 483 g/mol. The maximum absolute atomic E-state index is 12.9. The second kappa shape index (κ2) is 10.2. The number of amides is 2. The predicted octanol–water partition coefficient (Wildman–Crippen LogP) is 4.18. The van der Waals surface area contributed by atoms with Crippen molar-refractivity contribution in [2.45, 2.75) is 63.7 Å². The van der Waals surface area contributed by atoms with E-state index >= 15 is 0 Å². The molecule has 7 nitrogen and oxygen atoms in total. The highest BCUT2D eigenvalue weighted by Crippen LogP contribution is 2.31. The molecule has 1 saturated heterocycles. The quantitative estimate of drug-likeness (QED) is 0.668. The van der Waals surface area contributed by atoms with Gasteiger partial charge in [0.1, 0.15) is 0 Å². The van der Waals surface area contributed by atoms with Crippen LogP contribution in [0.1, 0.15) is 55.2 Å². The van der Waals surface area contributed by atoms with Crippen LogP contribution in [0, 0.1) is 13.8 Å². The lowest BCUT2D eigenvalue weighted by molar-refractivity contribution is -0.133. The minimum atomic E-state index is -3.74. The lowest BCUT2D eigenvalue weighted by Crippen LogP contribution is -2.34. The van der Waals surface area contributed by atoms with Crippen molar-refractivity contribution in [3.05, 3.63) is 53.1 Å². The average molecular weight is 484 g/mol. The van der Waals surface area contributed by atoms with Crippen LogP contribution in [0.4, 0.5) is 11.4 Å². The van der Waals surface area contributed by atoms with Gasteiger partial charge >= 0.3 is 0 Å². The Labute approximate surface area is 202 Å². The maximum Gasteiger partial charge on any atom is 0.261 e. The third-order valence-electron chi connectivity index (χ3n) is 6.83. The number of anilines is 2. The van der Waals surface area contributed by atoms with Crippen molar-refractivity contribution < 1.29 is 18.0 Å². The minimum absolute atomic E-state index is 0.0496. The van der Waals surface area contributed by atoms with Crippen LogP contribution in [-0.2, 0) is 26.0 Å². The second-order valence-electron chi connectivity index (χ2n) is 9.29. The average Bonchev–Trinajstić information content (AvgIpc) is 3.04. The molecule has 34 heavy (non-hydrogen) atoms. The van der Waals surface area contributed by atoms with Crippen molar-refractivity contribution in [1.29, 1.82) is 0 Å². The van der Waals surface area contributed by atoms with Gasteiger partial charge in [0, 0.05) is 43.9 Å². The number of nitrogens with one attached hydrogen (secondary N) is 1. The Morgan fingerprint density at radius 1 is 0.853 bits per heavy atom. The topological polar surface area (TPSA) is 86.8 Å². The number of hydrogen-bond acceptors (Lipinski definition) is 4. The molecule has 0 atom stereocenters. The zero-order valence-corrected chi connectivity index (χ0v) is 20.8. The van der Waals surface area contributed by atoms with Gasteiger partial charge in [-0.15, -0.1) is 0 Å². The first-order valence-electron chi connectivity index (χ1n) is 12.1. The number of nitrogens with zero attached hydrogens (tertiary/aromatic N) is 2. The van der Waals surface area contributed by atoms with Crippen molar-refractivity contribution in [3.63, 3.8) is 0 Å². The Balaban J connectivity index is 1.40. The largest absolute Gasteiger partial charge is 0.343 e. The van der Waals surface area contributed by atoms with Crippen LogP contribution in [-0.4, -0.2) is 44.8 Å². The highest BCUT2D eigenvalue weighted by molar-refractivity contribution is 7.92. The van der Waals surface area contributed by atoms with Crippen LogP contribution in [0.25, 0.3) is 0 Å². The molecule has 0 aromatic heterocycles. The summed E-state index contributed by atoms with van der Waals surface area (Å²) in [4.78, 5) is 29.2. The molecule has 182 valence electrons. The van der Waals surface area contributed by atoms with E-state index in [9.17, 15) is 18.0 Å². The Morgan fingerprint density at radius 2 is 1.56 bits per heavy atom. The summed E-state index contributed by atoms with van der Waals surface area (Å²) in [5, 5.41) is 0. The fourth-order valence-electron chi connectivity index (χ4n) is 4.65. The summed E-state index contributed by atoms with van der Waals surface area (Å²) in [7, 11) is -3.74. The van der Waals surface area contributed by atoms with Gasteiger partial charge in [0.25, 0.3) is 10.0 Å². The molecule has 0 unspecified atom stereocenters. The SMILES string of the molecule is Cc1ccc(NS(=O)(=O)c2ccc3c(c2)CCN3C(=O)CCC(=O)N2CCCCCC2)cc1C. The first-order chi connectivity index (χ1) is 16.2. The van der Waals surface area contributed by atoms with E-state index in [1.165, 1.54) is 6.07 Å². The Bertz CT molecular complexity index is 1180. The molecule has 2 amide bonds. The fourth-order valence-corrected chi connectivity index (χ4v) is 5.75. The summed E-state index contributed by atoms with van der Waals surface area (Å²) in [6, 6.07) is 10.3. The predicted molar refractivity (Wildman–Crippen MR) is 134 cm³/mol. The van der Waals surface area contributed by atoms with Crippen LogP contribution in [0.5, 0.6) is 0 Å². The molecule has 2 aromatic carbocycles. The molecule has 1 fully saturated rings. The third kappa shape index (κ3) is 5.43. The van der Waals surface area contributed by atoms with Crippen molar-refractivity contribution in [1.82, 2.24) is 4.90 Å². The molecule has 0 spiro atoms. The molecule has 8 heteroatoms. The van der Waals surface area contributed by atoms with Crippen LogP contribution in [0.15, 0.2) is 41.3 Å². The fraction of sp³-hybridized carbons (Fsp3) is 0.462. The molecular formula is C26H33N3O4S. The Morgan fingerprint density at radius 3 is 2.26 bits per heavy atom. The van der Waals surface area contributed by atoms with E-state index in [0.29, 0.717) is 18.7 Å². The van der Waals surface area contributed by atoms with E-state index in [2.05, 4.69) is 4.72 Å². The lowest BCUT2D eigenvalue weighted by atomic mass is 10.1. The number of likely N-dealkylation sites (tertiary alicyclic amines) is 1. The van der Waals surface area contributed by atoms with Gasteiger partial charge < -0.3 is 9.80 Å². The summed E-state index contributed by atoms with van der Waals surface area (Å²) >= 11 is 0. The zero-order chi connectivity index (χ0) is 24.3. The maximum atomic E-state index is 12.9. The van der Waals surface area contributed by atoms with Crippen molar-refractivity contribution >= 4 is 33.2 Å². The van der Waals surface area contributed by atoms with Gasteiger partial charge in [-0.25, -0.2) is 8.42 Å². The van der Waals surface area contributed by atoms with Crippen LogP contribution < -0.4 is 9.62 Å². The standard InChI is InChI=1S/C26H33N3O4S/c1-19-7-8-22(17-20(19)2)27-34(32,33)23-9-10-24-21(18-23)13-16-29(24)26(31)12-11-25(30)28-14-5-3-4-6-15-28/h7-10,17-18,27H,3-6,11-16H2,1-2H3. The number of hydrogen-bond donors (Lipinski definition) is 1. The number of benzene rings is 2. The molecule has 0 aliphatic carbocycles. The third-order valence-corrected chi connectivity index (χ3v) is 8.21. The smallest absolute Gasteiger partial charge is 0.261 e. The van der Waals surface area contributed by atoms with Crippen LogP contribution >= 0.6 is 0 Å². The molecule has 4 rings (SSSR count). The molecule has 2 heterocycles. The van der Waals surface area contributed by atoms with Gasteiger partial charge in [-0.05, 0) is 80.1 Å². The van der Waals surface area contributed by atoms with E-state index in [4.69, 9.17) is 0 Å². The summed E-state index contributed by atoms with van der Waals surface area (Å²) in [5.41, 5.74) is 4.19. The number of rotatable bonds is 6. The molecule has 2 aliphatic heterocycles. The van der Waals surface area contributed by atoms with Gasteiger partial charge in [0.15, 0.2) is 0 Å². The second-order valence-corrected chi connectivity index (χ2v) is 11.0. The number of fused-ring (bicyclic) bond motifs is 1. The van der Waals surface area contributed by atoms with Crippen molar-refractivity contribution in [3.8, 4) is 0 Å². The normalized spacial score (nSPS) is 16.2. The van der Waals surface area contributed by atoms with Gasteiger partial charge in [-0.2, -0.15) is 0 Å². The highest BCUT2D eigenvalue weighted by Gasteiger charge is 2.27. The number of sulfonamides is 1. The molecule has 2 aromatic rings. The van der Waals surface area contributed by atoms with Gasteiger partial charge in [0.2, 0.25) is 11.8 Å². The summed E-state index contributed by atoms with van der Waals surface area (Å²) < 4.78 is 28.5. The first kappa shape index (κ1) is 24.3. The van der Waals surface area contributed by atoms with E-state index in [-0.39, 0.29) is 29.6 Å². The van der Waals surface area contributed by atoms with Gasteiger partial charge in [-0.1, -0.05) is 18.9 Å². The summed E-state index contributed by atoms with van der Waals surface area (Å²) in [6.07, 6.45) is 5.36. The zero-order valence-electron chi connectivity index (χ0n) is 20.0. The van der Waals surface area contributed by atoms with E-state index in [1.807, 2.05) is 30.9 Å². The van der Waals surface area contributed by atoms with Gasteiger partial charge in [0.05, 0.1) is 4.90 Å².